The fraction of sp³-hybridized carbons (Fsp3) is 0.462. The Kier molecular flexibility index (Phi) is 4.04. The first kappa shape index (κ1) is 11.9. The quantitative estimate of drug-likeness (QED) is 0.800. The van der Waals surface area contributed by atoms with Gasteiger partial charge in [-0.1, -0.05) is 37.3 Å². The van der Waals surface area contributed by atoms with Gasteiger partial charge in [-0.3, -0.25) is 4.79 Å². The van der Waals surface area contributed by atoms with Crippen LogP contribution in [0.5, 0.6) is 0 Å². The second-order valence-electron chi connectivity index (χ2n) is 4.24. The summed E-state index contributed by atoms with van der Waals surface area (Å²) in [6.45, 7) is 6.50. The molecular weight excluding hydrogens is 186 g/mol. The Labute approximate surface area is 91.7 Å². The third-order valence-corrected chi connectivity index (χ3v) is 2.60. The Balaban J connectivity index is 2.53. The van der Waals surface area contributed by atoms with Crippen molar-refractivity contribution >= 4 is 5.78 Å². The van der Waals surface area contributed by atoms with Gasteiger partial charge >= 0.3 is 0 Å². The predicted molar refractivity (Wildman–Crippen MR) is 62.7 cm³/mol. The molecule has 82 valence electrons. The molecule has 0 amide bonds. The van der Waals surface area contributed by atoms with Gasteiger partial charge in [-0.05, 0) is 19.4 Å². The molecular formula is C13H19NO. The predicted octanol–water partition coefficient (Wildman–Crippen LogP) is 2.53. The van der Waals surface area contributed by atoms with E-state index in [4.69, 9.17) is 0 Å². The van der Waals surface area contributed by atoms with Crippen LogP contribution in [0.1, 0.15) is 32.8 Å². The van der Waals surface area contributed by atoms with Crippen molar-refractivity contribution in [2.45, 2.75) is 39.3 Å². The third kappa shape index (κ3) is 3.48. The minimum Gasteiger partial charge on any atom is -0.301 e. The van der Waals surface area contributed by atoms with Gasteiger partial charge < -0.3 is 5.32 Å². The van der Waals surface area contributed by atoms with E-state index in [1.807, 2.05) is 39.0 Å². The highest BCUT2D eigenvalue weighted by atomic mass is 16.1. The Hall–Kier alpha value is -1.15. The van der Waals surface area contributed by atoms with Gasteiger partial charge in [0.15, 0.2) is 5.78 Å². The van der Waals surface area contributed by atoms with Crippen molar-refractivity contribution in [1.29, 1.82) is 0 Å². The molecule has 0 radical (unpaired) electrons. The Morgan fingerprint density at radius 3 is 2.40 bits per heavy atom. The Morgan fingerprint density at radius 1 is 1.27 bits per heavy atom. The van der Waals surface area contributed by atoms with Gasteiger partial charge in [-0.15, -0.1) is 0 Å². The van der Waals surface area contributed by atoms with E-state index in [0.717, 1.165) is 6.54 Å². The molecule has 0 aliphatic heterocycles. The lowest BCUT2D eigenvalue weighted by Gasteiger charge is -2.24. The number of hydrogen-bond acceptors (Lipinski definition) is 2. The minimum atomic E-state index is -0.426. The van der Waals surface area contributed by atoms with Crippen LogP contribution in [0.25, 0.3) is 0 Å². The van der Waals surface area contributed by atoms with Crippen LogP contribution >= 0.6 is 0 Å². The first-order valence-corrected chi connectivity index (χ1v) is 5.38. The van der Waals surface area contributed by atoms with Crippen LogP contribution in [0.4, 0.5) is 0 Å². The van der Waals surface area contributed by atoms with Crippen LogP contribution < -0.4 is 5.32 Å². The molecule has 0 atom stereocenters. The van der Waals surface area contributed by atoms with Crippen LogP contribution in [0.15, 0.2) is 30.3 Å². The van der Waals surface area contributed by atoms with Gasteiger partial charge in [0.25, 0.3) is 0 Å². The first-order chi connectivity index (χ1) is 7.06. The zero-order chi connectivity index (χ0) is 11.3. The first-order valence-electron chi connectivity index (χ1n) is 5.38. The molecule has 0 bridgehead atoms. The van der Waals surface area contributed by atoms with Gasteiger partial charge in [-0.2, -0.15) is 0 Å². The number of rotatable bonds is 5. The third-order valence-electron chi connectivity index (χ3n) is 2.60. The molecule has 0 fully saturated rings. The second kappa shape index (κ2) is 5.08. The molecule has 2 heteroatoms. The molecule has 1 rings (SSSR count). The maximum atomic E-state index is 11.6. The second-order valence-corrected chi connectivity index (χ2v) is 4.24. The van der Waals surface area contributed by atoms with Crippen LogP contribution in [-0.4, -0.2) is 11.3 Å². The lowest BCUT2D eigenvalue weighted by Crippen LogP contribution is -2.45. The molecule has 15 heavy (non-hydrogen) atoms. The molecule has 1 N–H and O–H groups in total. The molecule has 0 aliphatic rings. The fourth-order valence-corrected chi connectivity index (χ4v) is 1.46. The molecule has 1 aromatic rings. The highest BCUT2D eigenvalue weighted by Gasteiger charge is 2.24. The molecule has 0 saturated heterocycles. The van der Waals surface area contributed by atoms with Crippen molar-refractivity contribution in [3.05, 3.63) is 35.9 Å². The maximum Gasteiger partial charge on any atom is 0.152 e. The summed E-state index contributed by atoms with van der Waals surface area (Å²) >= 11 is 0. The molecule has 0 spiro atoms. The van der Waals surface area contributed by atoms with Crippen LogP contribution in [0.3, 0.4) is 0 Å². The highest BCUT2D eigenvalue weighted by molar-refractivity contribution is 5.87. The van der Waals surface area contributed by atoms with Crippen LogP contribution in [0, 0.1) is 0 Å². The Bertz CT molecular complexity index is 317. The van der Waals surface area contributed by atoms with Crippen molar-refractivity contribution in [1.82, 2.24) is 5.32 Å². The minimum absolute atomic E-state index is 0.249. The van der Waals surface area contributed by atoms with E-state index >= 15 is 0 Å². The molecule has 0 aliphatic carbocycles. The van der Waals surface area contributed by atoms with E-state index in [1.54, 1.807) is 0 Å². The van der Waals surface area contributed by atoms with Crippen LogP contribution in [-0.2, 0) is 11.3 Å². The van der Waals surface area contributed by atoms with Crippen molar-refractivity contribution in [3.63, 3.8) is 0 Å². The summed E-state index contributed by atoms with van der Waals surface area (Å²) in [7, 11) is 0. The molecule has 1 aromatic carbocycles. The average Bonchev–Trinajstić information content (AvgIpc) is 2.27. The molecule has 0 aromatic heterocycles. The summed E-state index contributed by atoms with van der Waals surface area (Å²) < 4.78 is 0. The maximum absolute atomic E-state index is 11.6. The average molecular weight is 205 g/mol. The summed E-state index contributed by atoms with van der Waals surface area (Å²) in [6.07, 6.45) is 0.578. The van der Waals surface area contributed by atoms with Gasteiger partial charge in [0, 0.05) is 13.0 Å². The van der Waals surface area contributed by atoms with E-state index in [2.05, 4.69) is 17.4 Å². The van der Waals surface area contributed by atoms with Gasteiger partial charge in [0.1, 0.15) is 0 Å². The molecule has 0 unspecified atom stereocenters. The normalized spacial score (nSPS) is 11.4. The topological polar surface area (TPSA) is 29.1 Å². The van der Waals surface area contributed by atoms with E-state index in [1.165, 1.54) is 5.56 Å². The lowest BCUT2D eigenvalue weighted by atomic mass is 9.97. The summed E-state index contributed by atoms with van der Waals surface area (Å²) in [5.41, 5.74) is 0.777. The van der Waals surface area contributed by atoms with Crippen molar-refractivity contribution in [3.8, 4) is 0 Å². The van der Waals surface area contributed by atoms with Gasteiger partial charge in [0.2, 0.25) is 0 Å². The lowest BCUT2D eigenvalue weighted by molar-refractivity contribution is -0.124. The van der Waals surface area contributed by atoms with Crippen molar-refractivity contribution in [2.75, 3.05) is 0 Å². The van der Waals surface area contributed by atoms with Gasteiger partial charge in [0.05, 0.1) is 5.54 Å². The smallest absolute Gasteiger partial charge is 0.152 e. The van der Waals surface area contributed by atoms with Crippen molar-refractivity contribution in [2.24, 2.45) is 0 Å². The molecule has 0 saturated carbocycles. The Morgan fingerprint density at radius 2 is 1.87 bits per heavy atom. The summed E-state index contributed by atoms with van der Waals surface area (Å²) in [4.78, 5) is 11.6. The zero-order valence-corrected chi connectivity index (χ0v) is 9.71. The van der Waals surface area contributed by atoms with E-state index in [-0.39, 0.29) is 5.78 Å². The number of ketones is 1. The largest absolute Gasteiger partial charge is 0.301 e. The van der Waals surface area contributed by atoms with Crippen molar-refractivity contribution < 1.29 is 4.79 Å². The summed E-state index contributed by atoms with van der Waals surface area (Å²) in [5.74, 6) is 0.249. The van der Waals surface area contributed by atoms with E-state index < -0.39 is 5.54 Å². The van der Waals surface area contributed by atoms with E-state index in [9.17, 15) is 4.79 Å². The van der Waals surface area contributed by atoms with E-state index in [0.29, 0.717) is 6.42 Å². The number of Topliss-reactive ketones (excluding diaryl/α,β-unsaturated/α-hetero) is 1. The number of nitrogens with one attached hydrogen (secondary N) is 1. The standard InChI is InChI=1S/C13H19NO/c1-4-12(15)13(2,3)14-10-11-8-6-5-7-9-11/h5-9,14H,4,10H2,1-3H3. The highest BCUT2D eigenvalue weighted by Crippen LogP contribution is 2.08. The van der Waals surface area contributed by atoms with Crippen LogP contribution in [0.2, 0.25) is 0 Å². The summed E-state index contributed by atoms with van der Waals surface area (Å²) in [5, 5.41) is 3.28. The fourth-order valence-electron chi connectivity index (χ4n) is 1.46. The molecule has 0 heterocycles. The zero-order valence-electron chi connectivity index (χ0n) is 9.71. The number of benzene rings is 1. The monoisotopic (exact) mass is 205 g/mol. The number of carbonyl (C=O) groups is 1. The number of carbonyl (C=O) groups excluding carboxylic acids is 1. The summed E-state index contributed by atoms with van der Waals surface area (Å²) in [6, 6.07) is 10.1. The number of hydrogen-bond donors (Lipinski definition) is 1. The van der Waals surface area contributed by atoms with Gasteiger partial charge in [-0.25, -0.2) is 0 Å². The SMILES string of the molecule is CCC(=O)C(C)(C)NCc1ccccc1. The molecule has 2 nitrogen and oxygen atoms in total.